The molecule has 1 fully saturated rings. The van der Waals surface area contributed by atoms with Crippen molar-refractivity contribution in [2.75, 3.05) is 20.3 Å². The molecule has 184 valence electrons. The maximum Gasteiger partial charge on any atom is 0.325 e. The van der Waals surface area contributed by atoms with E-state index in [1.54, 1.807) is 60.7 Å². The van der Waals surface area contributed by atoms with Gasteiger partial charge in [-0.15, -0.1) is 11.3 Å². The molecule has 1 amide bonds. The summed E-state index contributed by atoms with van der Waals surface area (Å²) in [5.41, 5.74) is -1.61. The summed E-state index contributed by atoms with van der Waals surface area (Å²) < 4.78 is 34.0. The predicted molar refractivity (Wildman–Crippen MR) is 133 cm³/mol. The summed E-state index contributed by atoms with van der Waals surface area (Å²) in [7, 11) is -2.83. The van der Waals surface area contributed by atoms with Crippen molar-refractivity contribution in [3.8, 4) is 10.4 Å². The van der Waals surface area contributed by atoms with Crippen LogP contribution in [-0.2, 0) is 29.8 Å². The molecule has 1 aliphatic rings. The number of methoxy groups -OCH3 is 1. The lowest BCUT2D eigenvalue weighted by Crippen LogP contribution is -2.51. The molecular weight excluding hydrogens is 512 g/mol. The predicted octanol–water partition coefficient (Wildman–Crippen LogP) is 3.27. The third-order valence-electron chi connectivity index (χ3n) is 6.10. The van der Waals surface area contributed by atoms with Gasteiger partial charge in [0.1, 0.15) is 16.4 Å². The highest BCUT2D eigenvalue weighted by molar-refractivity contribution is 7.91. The molecule has 0 spiro atoms. The molecule has 4 rings (SSSR count). The lowest BCUT2D eigenvalue weighted by Gasteiger charge is -2.24. The Hall–Kier alpha value is -2.76. The first kappa shape index (κ1) is 25.3. The molecule has 0 bridgehead atoms. The van der Waals surface area contributed by atoms with Gasteiger partial charge in [-0.3, -0.25) is 9.59 Å². The molecular formula is C24H23ClN2O6S2. The molecule has 0 radical (unpaired) electrons. The minimum absolute atomic E-state index is 0.0136. The van der Waals surface area contributed by atoms with E-state index in [4.69, 9.17) is 16.3 Å². The number of carbonyl (C=O) groups is 2. The number of nitrogens with one attached hydrogen (secondary N) is 2. The number of thiophene rings is 1. The number of carboxylic acids is 1. The van der Waals surface area contributed by atoms with Gasteiger partial charge in [-0.1, -0.05) is 54.1 Å². The van der Waals surface area contributed by atoms with Gasteiger partial charge in [0.15, 0.2) is 0 Å². The van der Waals surface area contributed by atoms with E-state index in [9.17, 15) is 23.1 Å². The highest BCUT2D eigenvalue weighted by Crippen LogP contribution is 2.58. The first-order valence-electron chi connectivity index (χ1n) is 10.6. The van der Waals surface area contributed by atoms with Crippen molar-refractivity contribution in [3.63, 3.8) is 0 Å². The van der Waals surface area contributed by atoms with Crippen LogP contribution in [0.2, 0.25) is 5.02 Å². The van der Waals surface area contributed by atoms with Crippen molar-refractivity contribution in [2.24, 2.45) is 0 Å². The molecule has 2 aromatic carbocycles. The second kappa shape index (κ2) is 9.71. The number of amides is 1. The van der Waals surface area contributed by atoms with E-state index >= 15 is 0 Å². The van der Waals surface area contributed by atoms with Crippen LogP contribution in [0.1, 0.15) is 12.0 Å². The molecule has 3 aromatic rings. The SMILES string of the molecule is COCC(=O)NCC1(c2ccccc2)CC1(NS(=O)(=O)c1ccc(-c2ccc(Cl)cc2)s1)C(=O)O. The number of carboxylic acid groups (broad SMARTS) is 1. The van der Waals surface area contributed by atoms with Crippen LogP contribution >= 0.6 is 22.9 Å². The fourth-order valence-electron chi connectivity index (χ4n) is 4.23. The Bertz CT molecular complexity index is 1340. The van der Waals surface area contributed by atoms with Crippen molar-refractivity contribution in [1.29, 1.82) is 0 Å². The number of hydrogen-bond acceptors (Lipinski definition) is 6. The molecule has 1 aromatic heterocycles. The molecule has 11 heteroatoms. The minimum Gasteiger partial charge on any atom is -0.480 e. The van der Waals surface area contributed by atoms with Crippen molar-refractivity contribution < 1.29 is 27.9 Å². The lowest BCUT2D eigenvalue weighted by atomic mass is 9.90. The normalized spacial score (nSPS) is 21.4. The maximum atomic E-state index is 13.4. The van der Waals surface area contributed by atoms with Gasteiger partial charge in [-0.05, 0) is 41.8 Å². The summed E-state index contributed by atoms with van der Waals surface area (Å²) in [6, 6.07) is 18.8. The number of benzene rings is 2. The Balaban J connectivity index is 1.66. The number of rotatable bonds is 10. The lowest BCUT2D eigenvalue weighted by molar-refractivity contribution is -0.141. The zero-order chi connectivity index (χ0) is 25.3. The number of carbonyl (C=O) groups excluding carboxylic acids is 1. The summed E-state index contributed by atoms with van der Waals surface area (Å²) >= 11 is 6.96. The third kappa shape index (κ3) is 4.85. The zero-order valence-corrected chi connectivity index (χ0v) is 21.0. The number of sulfonamides is 1. The van der Waals surface area contributed by atoms with Crippen LogP contribution in [0.4, 0.5) is 0 Å². The van der Waals surface area contributed by atoms with Crippen LogP contribution in [0.25, 0.3) is 10.4 Å². The number of halogens is 1. The molecule has 2 unspecified atom stereocenters. The van der Waals surface area contributed by atoms with E-state index in [1.807, 2.05) is 0 Å². The van der Waals surface area contributed by atoms with Gasteiger partial charge in [0.25, 0.3) is 10.0 Å². The smallest absolute Gasteiger partial charge is 0.325 e. The second-order valence-corrected chi connectivity index (χ2v) is 11.7. The number of ether oxygens (including phenoxy) is 1. The van der Waals surface area contributed by atoms with Crippen LogP contribution in [0.15, 0.2) is 70.9 Å². The highest BCUT2D eigenvalue weighted by atomic mass is 35.5. The molecule has 0 saturated heterocycles. The average Bonchev–Trinajstić information content (AvgIpc) is 3.21. The summed E-state index contributed by atoms with van der Waals surface area (Å²) in [5.74, 6) is -1.75. The number of aliphatic carboxylic acids is 1. The van der Waals surface area contributed by atoms with Gasteiger partial charge in [0.2, 0.25) is 5.91 Å². The van der Waals surface area contributed by atoms with Crippen molar-refractivity contribution in [2.45, 2.75) is 21.6 Å². The standard InChI is InChI=1S/C24H23ClN2O6S2/c1-33-13-20(28)26-15-23(17-5-3-2-4-6-17)14-24(23,22(29)30)27-35(31,32)21-12-11-19(34-21)16-7-9-18(25)10-8-16/h2-12,27H,13-15H2,1H3,(H,26,28)(H,29,30). The van der Waals surface area contributed by atoms with E-state index in [0.29, 0.717) is 15.5 Å². The van der Waals surface area contributed by atoms with Crippen LogP contribution in [-0.4, -0.2) is 51.2 Å². The monoisotopic (exact) mass is 534 g/mol. The van der Waals surface area contributed by atoms with Gasteiger partial charge < -0.3 is 15.2 Å². The van der Waals surface area contributed by atoms with Gasteiger partial charge in [0.05, 0.1) is 0 Å². The first-order chi connectivity index (χ1) is 16.6. The molecule has 1 aliphatic carbocycles. The summed E-state index contributed by atoms with van der Waals surface area (Å²) in [6.07, 6.45) is -0.0265. The summed E-state index contributed by atoms with van der Waals surface area (Å²) in [4.78, 5) is 25.3. The Kier molecular flexibility index (Phi) is 7.03. The maximum absolute atomic E-state index is 13.4. The molecule has 0 aliphatic heterocycles. The van der Waals surface area contributed by atoms with Crippen LogP contribution in [0.3, 0.4) is 0 Å². The molecule has 2 atom stereocenters. The van der Waals surface area contributed by atoms with Crippen molar-refractivity contribution >= 4 is 44.8 Å². The summed E-state index contributed by atoms with van der Waals surface area (Å²) in [5, 5.41) is 13.5. The van der Waals surface area contributed by atoms with E-state index < -0.39 is 32.9 Å². The van der Waals surface area contributed by atoms with E-state index in [1.165, 1.54) is 13.2 Å². The first-order valence-corrected chi connectivity index (χ1v) is 13.3. The Morgan fingerprint density at radius 1 is 1.09 bits per heavy atom. The van der Waals surface area contributed by atoms with Crippen LogP contribution < -0.4 is 10.0 Å². The second-order valence-electron chi connectivity index (χ2n) is 8.28. The summed E-state index contributed by atoms with van der Waals surface area (Å²) in [6.45, 7) is -0.270. The average molecular weight is 535 g/mol. The third-order valence-corrected chi connectivity index (χ3v) is 9.47. The van der Waals surface area contributed by atoms with E-state index in [-0.39, 0.29) is 23.8 Å². The molecule has 1 saturated carbocycles. The zero-order valence-electron chi connectivity index (χ0n) is 18.7. The van der Waals surface area contributed by atoms with Gasteiger partial charge >= 0.3 is 5.97 Å². The van der Waals surface area contributed by atoms with E-state index in [2.05, 4.69) is 10.0 Å². The molecule has 1 heterocycles. The topological polar surface area (TPSA) is 122 Å². The molecule has 35 heavy (non-hydrogen) atoms. The fraction of sp³-hybridized carbons (Fsp3) is 0.250. The van der Waals surface area contributed by atoms with Crippen LogP contribution in [0, 0.1) is 0 Å². The van der Waals surface area contributed by atoms with Gasteiger partial charge in [-0.25, -0.2) is 8.42 Å². The minimum atomic E-state index is -4.20. The Labute approximate surface area is 211 Å². The Morgan fingerprint density at radius 3 is 2.40 bits per heavy atom. The number of hydrogen-bond donors (Lipinski definition) is 3. The largest absolute Gasteiger partial charge is 0.480 e. The highest BCUT2D eigenvalue weighted by Gasteiger charge is 2.74. The van der Waals surface area contributed by atoms with Crippen LogP contribution in [0.5, 0.6) is 0 Å². The van der Waals surface area contributed by atoms with Crippen molar-refractivity contribution in [1.82, 2.24) is 10.0 Å². The van der Waals surface area contributed by atoms with Gasteiger partial charge in [0, 0.05) is 29.0 Å². The molecule has 3 N–H and O–H groups in total. The van der Waals surface area contributed by atoms with Gasteiger partial charge in [-0.2, -0.15) is 4.72 Å². The molecule has 8 nitrogen and oxygen atoms in total. The quantitative estimate of drug-likeness (QED) is 0.367. The fourth-order valence-corrected chi connectivity index (χ4v) is 7.10. The van der Waals surface area contributed by atoms with Crippen molar-refractivity contribution in [3.05, 3.63) is 77.3 Å². The Morgan fingerprint density at radius 2 is 1.77 bits per heavy atom. The van der Waals surface area contributed by atoms with E-state index in [0.717, 1.165) is 16.9 Å².